The number of nitrogens with zero attached hydrogens (tertiary/aromatic N) is 3. The fourth-order valence-corrected chi connectivity index (χ4v) is 5.52. The highest BCUT2D eigenvalue weighted by Gasteiger charge is 2.35. The summed E-state index contributed by atoms with van der Waals surface area (Å²) in [6, 6.07) is 10.1. The topological polar surface area (TPSA) is 60.9 Å². The standard InChI is InChI=1S/C27H39N3O3/c1-21-9-15-29(16-10-21)26(32)24-13-19-30(20-14-24)27(33)23-11-17-28(18-12-23)25(31)8-7-22-5-3-2-4-6-22/h2-6,21,23-24H,7-20H2,1H3. The average Bonchev–Trinajstić information content (AvgIpc) is 2.87. The molecule has 0 aromatic heterocycles. The van der Waals surface area contributed by atoms with Crippen LogP contribution in [0.15, 0.2) is 30.3 Å². The van der Waals surface area contributed by atoms with Gasteiger partial charge < -0.3 is 14.7 Å². The Kier molecular flexibility index (Phi) is 8.05. The second kappa shape index (κ2) is 11.2. The number of piperidine rings is 3. The minimum Gasteiger partial charge on any atom is -0.343 e. The molecule has 0 aliphatic carbocycles. The molecule has 3 aliphatic heterocycles. The van der Waals surface area contributed by atoms with E-state index in [9.17, 15) is 14.4 Å². The van der Waals surface area contributed by atoms with Gasteiger partial charge in [0, 0.05) is 57.5 Å². The molecule has 3 amide bonds. The van der Waals surface area contributed by atoms with Crippen LogP contribution in [0.1, 0.15) is 57.4 Å². The van der Waals surface area contributed by atoms with E-state index in [-0.39, 0.29) is 23.7 Å². The van der Waals surface area contributed by atoms with Crippen LogP contribution in [0.5, 0.6) is 0 Å². The second-order valence-electron chi connectivity index (χ2n) is 10.2. The third kappa shape index (κ3) is 6.15. The van der Waals surface area contributed by atoms with Crippen LogP contribution in [0.3, 0.4) is 0 Å². The zero-order valence-corrected chi connectivity index (χ0v) is 20.1. The first kappa shape index (κ1) is 23.8. The number of likely N-dealkylation sites (tertiary alicyclic amines) is 3. The van der Waals surface area contributed by atoms with E-state index in [2.05, 4.69) is 19.1 Å². The van der Waals surface area contributed by atoms with E-state index >= 15 is 0 Å². The van der Waals surface area contributed by atoms with Gasteiger partial charge in [-0.1, -0.05) is 37.3 Å². The van der Waals surface area contributed by atoms with Gasteiger partial charge in [-0.2, -0.15) is 0 Å². The Bertz CT molecular complexity index is 803. The summed E-state index contributed by atoms with van der Waals surface area (Å²) in [5.41, 5.74) is 1.19. The number of hydrogen-bond donors (Lipinski definition) is 0. The van der Waals surface area contributed by atoms with E-state index in [4.69, 9.17) is 0 Å². The van der Waals surface area contributed by atoms with Crippen LogP contribution in [0, 0.1) is 17.8 Å². The van der Waals surface area contributed by atoms with E-state index in [1.165, 1.54) is 5.56 Å². The lowest BCUT2D eigenvalue weighted by molar-refractivity contribution is -0.145. The zero-order chi connectivity index (χ0) is 23.2. The van der Waals surface area contributed by atoms with Crippen molar-refractivity contribution < 1.29 is 14.4 Å². The van der Waals surface area contributed by atoms with Gasteiger partial charge in [-0.15, -0.1) is 0 Å². The van der Waals surface area contributed by atoms with Crippen molar-refractivity contribution in [3.05, 3.63) is 35.9 Å². The Morgan fingerprint density at radius 3 is 1.67 bits per heavy atom. The summed E-state index contributed by atoms with van der Waals surface area (Å²) in [6.45, 7) is 6.77. The minimum absolute atomic E-state index is 0.0130. The summed E-state index contributed by atoms with van der Waals surface area (Å²) in [5.74, 6) is 1.53. The maximum absolute atomic E-state index is 13.1. The summed E-state index contributed by atoms with van der Waals surface area (Å²) >= 11 is 0. The Morgan fingerprint density at radius 1 is 0.697 bits per heavy atom. The lowest BCUT2D eigenvalue weighted by Gasteiger charge is -2.39. The zero-order valence-electron chi connectivity index (χ0n) is 20.1. The summed E-state index contributed by atoms with van der Waals surface area (Å²) in [4.78, 5) is 44.5. The number of rotatable bonds is 5. The molecular formula is C27H39N3O3. The number of benzene rings is 1. The molecule has 1 aromatic rings. The fraction of sp³-hybridized carbons (Fsp3) is 0.667. The van der Waals surface area contributed by atoms with E-state index in [1.54, 1.807) is 0 Å². The lowest BCUT2D eigenvalue weighted by atomic mass is 9.90. The summed E-state index contributed by atoms with van der Waals surface area (Å²) < 4.78 is 0. The molecule has 4 rings (SSSR count). The molecular weight excluding hydrogens is 414 g/mol. The minimum atomic E-state index is 0.0130. The average molecular weight is 454 g/mol. The molecule has 0 atom stereocenters. The van der Waals surface area contributed by atoms with Crippen LogP contribution in [-0.2, 0) is 20.8 Å². The predicted octanol–water partition coefficient (Wildman–Crippen LogP) is 3.35. The maximum atomic E-state index is 13.1. The molecule has 3 fully saturated rings. The van der Waals surface area contributed by atoms with E-state index in [0.29, 0.717) is 38.5 Å². The number of hydrogen-bond acceptors (Lipinski definition) is 3. The Morgan fingerprint density at radius 2 is 1.15 bits per heavy atom. The van der Waals surface area contributed by atoms with E-state index in [0.717, 1.165) is 64.0 Å². The van der Waals surface area contributed by atoms with Crippen molar-refractivity contribution in [2.75, 3.05) is 39.3 Å². The third-order valence-corrected chi connectivity index (χ3v) is 7.92. The molecule has 0 saturated carbocycles. The van der Waals surface area contributed by atoms with Crippen LogP contribution in [0.4, 0.5) is 0 Å². The van der Waals surface area contributed by atoms with Crippen LogP contribution in [0.25, 0.3) is 0 Å². The van der Waals surface area contributed by atoms with Crippen molar-refractivity contribution in [3.8, 4) is 0 Å². The molecule has 3 saturated heterocycles. The third-order valence-electron chi connectivity index (χ3n) is 7.92. The summed E-state index contributed by atoms with van der Waals surface area (Å²) in [6.07, 6.45) is 6.58. The highest BCUT2D eigenvalue weighted by Crippen LogP contribution is 2.27. The molecule has 180 valence electrons. The molecule has 0 radical (unpaired) electrons. The smallest absolute Gasteiger partial charge is 0.225 e. The number of aryl methyl sites for hydroxylation is 1. The van der Waals surface area contributed by atoms with Gasteiger partial charge in [-0.3, -0.25) is 14.4 Å². The van der Waals surface area contributed by atoms with E-state index in [1.807, 2.05) is 32.9 Å². The van der Waals surface area contributed by atoms with Crippen molar-refractivity contribution in [2.45, 2.75) is 58.3 Å². The first-order valence-electron chi connectivity index (χ1n) is 12.9. The molecule has 0 bridgehead atoms. The van der Waals surface area contributed by atoms with Crippen LogP contribution < -0.4 is 0 Å². The van der Waals surface area contributed by atoms with Crippen LogP contribution in [0.2, 0.25) is 0 Å². The Hall–Kier alpha value is -2.37. The molecule has 33 heavy (non-hydrogen) atoms. The van der Waals surface area contributed by atoms with Crippen molar-refractivity contribution in [1.29, 1.82) is 0 Å². The Balaban J connectivity index is 1.17. The highest BCUT2D eigenvalue weighted by molar-refractivity contribution is 5.82. The van der Waals surface area contributed by atoms with Gasteiger partial charge in [-0.25, -0.2) is 0 Å². The second-order valence-corrected chi connectivity index (χ2v) is 10.2. The Labute approximate surface area is 198 Å². The predicted molar refractivity (Wildman–Crippen MR) is 128 cm³/mol. The fourth-order valence-electron chi connectivity index (χ4n) is 5.52. The van der Waals surface area contributed by atoms with Gasteiger partial charge in [-0.05, 0) is 56.4 Å². The summed E-state index contributed by atoms with van der Waals surface area (Å²) in [5, 5.41) is 0. The van der Waals surface area contributed by atoms with Gasteiger partial charge in [0.2, 0.25) is 17.7 Å². The van der Waals surface area contributed by atoms with Gasteiger partial charge in [0.1, 0.15) is 0 Å². The molecule has 0 spiro atoms. The monoisotopic (exact) mass is 453 g/mol. The lowest BCUT2D eigenvalue weighted by Crippen LogP contribution is -2.49. The van der Waals surface area contributed by atoms with Gasteiger partial charge in [0.15, 0.2) is 0 Å². The first-order chi connectivity index (χ1) is 16.0. The molecule has 6 nitrogen and oxygen atoms in total. The van der Waals surface area contributed by atoms with Crippen molar-refractivity contribution in [3.63, 3.8) is 0 Å². The van der Waals surface area contributed by atoms with Gasteiger partial charge in [0.25, 0.3) is 0 Å². The quantitative estimate of drug-likeness (QED) is 0.687. The van der Waals surface area contributed by atoms with Gasteiger partial charge in [0.05, 0.1) is 0 Å². The molecule has 0 N–H and O–H groups in total. The summed E-state index contributed by atoms with van der Waals surface area (Å²) in [7, 11) is 0. The van der Waals surface area contributed by atoms with Crippen molar-refractivity contribution in [2.24, 2.45) is 17.8 Å². The SMILES string of the molecule is CC1CCN(C(=O)C2CCN(C(=O)C3CCN(C(=O)CCc4ccccc4)CC3)CC2)CC1. The van der Waals surface area contributed by atoms with Crippen LogP contribution >= 0.6 is 0 Å². The molecule has 3 aliphatic rings. The molecule has 0 unspecified atom stereocenters. The van der Waals surface area contributed by atoms with Crippen molar-refractivity contribution >= 4 is 17.7 Å². The molecule has 3 heterocycles. The van der Waals surface area contributed by atoms with Crippen LogP contribution in [-0.4, -0.2) is 71.7 Å². The highest BCUT2D eigenvalue weighted by atomic mass is 16.2. The largest absolute Gasteiger partial charge is 0.343 e. The number of carbonyl (C=O) groups is 3. The number of amides is 3. The van der Waals surface area contributed by atoms with Crippen molar-refractivity contribution in [1.82, 2.24) is 14.7 Å². The van der Waals surface area contributed by atoms with Gasteiger partial charge >= 0.3 is 0 Å². The van der Waals surface area contributed by atoms with E-state index < -0.39 is 0 Å². The number of carbonyl (C=O) groups excluding carboxylic acids is 3. The maximum Gasteiger partial charge on any atom is 0.225 e. The molecule has 6 heteroatoms. The normalized spacial score (nSPS) is 21.3. The first-order valence-corrected chi connectivity index (χ1v) is 12.9. The molecule has 1 aromatic carbocycles.